The zero-order chi connectivity index (χ0) is 21.7. The Morgan fingerprint density at radius 1 is 0.867 bits per heavy atom. The minimum absolute atomic E-state index is 0.0124. The van der Waals surface area contributed by atoms with E-state index in [4.69, 9.17) is 5.11 Å². The summed E-state index contributed by atoms with van der Waals surface area (Å²) in [5, 5.41) is 20.9. The lowest BCUT2D eigenvalue weighted by molar-refractivity contribution is -0.115. The Labute approximate surface area is 172 Å². The summed E-state index contributed by atoms with van der Waals surface area (Å²) >= 11 is 0. The predicted octanol–water partition coefficient (Wildman–Crippen LogP) is 2.67. The fourth-order valence-corrected chi connectivity index (χ4v) is 3.68. The van der Waals surface area contributed by atoms with Gasteiger partial charge in [0.2, 0.25) is 15.9 Å². The number of carboxylic acid groups (broad SMARTS) is 1. The second-order valence-electron chi connectivity index (χ2n) is 6.30. The Morgan fingerprint density at radius 3 is 2.10 bits per heavy atom. The number of hydrogen-bond donors (Lipinski definition) is 4. The molecule has 0 saturated carbocycles. The summed E-state index contributed by atoms with van der Waals surface area (Å²) in [6, 6.07) is 19.2. The van der Waals surface area contributed by atoms with Crippen molar-refractivity contribution in [3.8, 4) is 16.9 Å². The lowest BCUT2D eigenvalue weighted by Crippen LogP contribution is -2.32. The third kappa shape index (κ3) is 5.02. The Bertz CT molecular complexity index is 1180. The van der Waals surface area contributed by atoms with Crippen LogP contribution in [-0.4, -0.2) is 37.1 Å². The maximum atomic E-state index is 12.4. The maximum absolute atomic E-state index is 12.4. The van der Waals surface area contributed by atoms with Crippen LogP contribution < -0.4 is 10.0 Å². The molecule has 30 heavy (non-hydrogen) atoms. The van der Waals surface area contributed by atoms with E-state index in [0.29, 0.717) is 0 Å². The monoisotopic (exact) mass is 426 g/mol. The summed E-state index contributed by atoms with van der Waals surface area (Å²) < 4.78 is 27.0. The van der Waals surface area contributed by atoms with Crippen LogP contribution in [0.5, 0.6) is 5.75 Å². The number of rotatable bonds is 7. The quantitative estimate of drug-likeness (QED) is 0.459. The smallest absolute Gasteiger partial charge is 0.339 e. The van der Waals surface area contributed by atoms with Gasteiger partial charge in [-0.2, -0.15) is 0 Å². The SMILES string of the molecule is O=C(CNS(=O)(=O)c1ccc(-c2ccccc2)cc1)Nc1ccc(C(=O)O)c(O)c1. The first-order chi connectivity index (χ1) is 14.3. The van der Waals surface area contributed by atoms with Crippen LogP contribution in [0.25, 0.3) is 11.1 Å². The lowest BCUT2D eigenvalue weighted by atomic mass is 10.1. The Balaban J connectivity index is 1.62. The van der Waals surface area contributed by atoms with Gasteiger partial charge in [0.15, 0.2) is 0 Å². The van der Waals surface area contributed by atoms with Crippen LogP contribution in [-0.2, 0) is 14.8 Å². The first kappa shape index (κ1) is 21.0. The fraction of sp³-hybridized carbons (Fsp3) is 0.0476. The summed E-state index contributed by atoms with van der Waals surface area (Å²) in [6.45, 7) is -0.537. The van der Waals surface area contributed by atoms with Crippen LogP contribution in [0, 0.1) is 0 Å². The van der Waals surface area contributed by atoms with Crippen LogP contribution in [0.15, 0.2) is 77.7 Å². The van der Waals surface area contributed by atoms with Crippen LogP contribution in [0.1, 0.15) is 10.4 Å². The number of carbonyl (C=O) groups is 2. The van der Waals surface area contributed by atoms with E-state index >= 15 is 0 Å². The highest BCUT2D eigenvalue weighted by Gasteiger charge is 2.16. The molecule has 0 aromatic heterocycles. The number of nitrogens with one attached hydrogen (secondary N) is 2. The van der Waals surface area contributed by atoms with Crippen molar-refractivity contribution in [3.05, 3.63) is 78.4 Å². The fourth-order valence-electron chi connectivity index (χ4n) is 2.70. The van der Waals surface area contributed by atoms with Crippen LogP contribution in [0.3, 0.4) is 0 Å². The molecular formula is C21H18N2O6S. The van der Waals surface area contributed by atoms with E-state index in [-0.39, 0.29) is 16.1 Å². The van der Waals surface area contributed by atoms with Gasteiger partial charge in [0.25, 0.3) is 0 Å². The van der Waals surface area contributed by atoms with Crippen molar-refractivity contribution < 1.29 is 28.2 Å². The molecule has 0 atom stereocenters. The molecule has 3 rings (SSSR count). The second kappa shape index (κ2) is 8.76. The number of hydrogen-bond acceptors (Lipinski definition) is 5. The molecule has 9 heteroatoms. The molecule has 0 spiro atoms. The molecule has 0 radical (unpaired) electrons. The molecule has 0 aliphatic heterocycles. The zero-order valence-electron chi connectivity index (χ0n) is 15.6. The summed E-state index contributed by atoms with van der Waals surface area (Å²) in [6.07, 6.45) is 0. The molecule has 0 unspecified atom stereocenters. The van der Waals surface area contributed by atoms with Gasteiger partial charge in [-0.15, -0.1) is 0 Å². The number of sulfonamides is 1. The van der Waals surface area contributed by atoms with Crippen molar-refractivity contribution in [1.29, 1.82) is 0 Å². The van der Waals surface area contributed by atoms with Gasteiger partial charge in [0.05, 0.1) is 11.4 Å². The number of carboxylic acids is 1. The molecule has 3 aromatic carbocycles. The second-order valence-corrected chi connectivity index (χ2v) is 8.07. The van der Waals surface area contributed by atoms with Crippen LogP contribution in [0.4, 0.5) is 5.69 Å². The van der Waals surface area contributed by atoms with Crippen LogP contribution in [0.2, 0.25) is 0 Å². The highest BCUT2D eigenvalue weighted by molar-refractivity contribution is 7.89. The normalized spacial score (nSPS) is 11.1. The number of anilines is 1. The molecular weight excluding hydrogens is 408 g/mol. The van der Waals surface area contributed by atoms with Crippen molar-refractivity contribution in [2.45, 2.75) is 4.90 Å². The summed E-state index contributed by atoms with van der Waals surface area (Å²) in [4.78, 5) is 22.9. The zero-order valence-corrected chi connectivity index (χ0v) is 16.4. The highest BCUT2D eigenvalue weighted by Crippen LogP contribution is 2.22. The minimum Gasteiger partial charge on any atom is -0.507 e. The highest BCUT2D eigenvalue weighted by atomic mass is 32.2. The molecule has 0 fully saturated rings. The number of benzene rings is 3. The molecule has 0 bridgehead atoms. The third-order valence-corrected chi connectivity index (χ3v) is 5.62. The van der Waals surface area contributed by atoms with Crippen molar-refractivity contribution in [3.63, 3.8) is 0 Å². The molecule has 1 amide bonds. The predicted molar refractivity (Wildman–Crippen MR) is 111 cm³/mol. The van der Waals surface area contributed by atoms with Crippen LogP contribution >= 0.6 is 0 Å². The third-order valence-electron chi connectivity index (χ3n) is 4.21. The van der Waals surface area contributed by atoms with E-state index in [0.717, 1.165) is 23.3 Å². The molecule has 0 saturated heterocycles. The van der Waals surface area contributed by atoms with E-state index in [1.807, 2.05) is 30.3 Å². The molecule has 0 aliphatic rings. The van der Waals surface area contributed by atoms with E-state index in [1.165, 1.54) is 18.2 Å². The maximum Gasteiger partial charge on any atom is 0.339 e. The summed E-state index contributed by atoms with van der Waals surface area (Å²) in [5.74, 6) is -2.50. The first-order valence-corrected chi connectivity index (χ1v) is 10.3. The van der Waals surface area contributed by atoms with Gasteiger partial charge in [0, 0.05) is 11.8 Å². The Hall–Kier alpha value is -3.69. The van der Waals surface area contributed by atoms with Gasteiger partial charge in [-0.1, -0.05) is 42.5 Å². The number of aromatic carboxylic acids is 1. The van der Waals surface area contributed by atoms with Gasteiger partial charge < -0.3 is 15.5 Å². The van der Waals surface area contributed by atoms with Crippen molar-refractivity contribution in [2.24, 2.45) is 0 Å². The molecule has 0 aliphatic carbocycles. The van der Waals surface area contributed by atoms with Gasteiger partial charge >= 0.3 is 5.97 Å². The van der Waals surface area contributed by atoms with Gasteiger partial charge in [0.1, 0.15) is 11.3 Å². The molecule has 3 aromatic rings. The Morgan fingerprint density at radius 2 is 1.50 bits per heavy atom. The topological polar surface area (TPSA) is 133 Å². The minimum atomic E-state index is -3.91. The average molecular weight is 426 g/mol. The van der Waals surface area contributed by atoms with E-state index < -0.39 is 34.2 Å². The molecule has 0 heterocycles. The number of phenols is 1. The van der Waals surface area contributed by atoms with Gasteiger partial charge in [-0.3, -0.25) is 4.79 Å². The van der Waals surface area contributed by atoms with Crippen molar-refractivity contribution >= 4 is 27.6 Å². The van der Waals surface area contributed by atoms with Crippen molar-refractivity contribution in [2.75, 3.05) is 11.9 Å². The average Bonchev–Trinajstić information content (AvgIpc) is 2.73. The Kier molecular flexibility index (Phi) is 6.14. The largest absolute Gasteiger partial charge is 0.507 e. The number of amides is 1. The number of carbonyl (C=O) groups excluding carboxylic acids is 1. The summed E-state index contributed by atoms with van der Waals surface area (Å²) in [5.41, 5.74) is 1.63. The molecule has 4 N–H and O–H groups in total. The molecule has 8 nitrogen and oxygen atoms in total. The molecule has 154 valence electrons. The van der Waals surface area contributed by atoms with E-state index in [9.17, 15) is 23.1 Å². The lowest BCUT2D eigenvalue weighted by Gasteiger charge is -2.09. The first-order valence-electron chi connectivity index (χ1n) is 8.77. The van der Waals surface area contributed by atoms with Gasteiger partial charge in [-0.25, -0.2) is 17.9 Å². The number of aromatic hydroxyl groups is 1. The van der Waals surface area contributed by atoms with E-state index in [2.05, 4.69) is 10.0 Å². The van der Waals surface area contributed by atoms with Gasteiger partial charge in [-0.05, 0) is 35.4 Å². The summed E-state index contributed by atoms with van der Waals surface area (Å²) in [7, 11) is -3.91. The standard InChI is InChI=1S/C21H18N2O6S/c24-19-12-16(8-11-18(19)21(26)27)23-20(25)13-22-30(28,29)17-9-6-15(7-10-17)14-4-2-1-3-5-14/h1-12,22,24H,13H2,(H,23,25)(H,26,27). The van der Waals surface area contributed by atoms with E-state index in [1.54, 1.807) is 12.1 Å². The van der Waals surface area contributed by atoms with Crippen molar-refractivity contribution in [1.82, 2.24) is 4.72 Å².